The van der Waals surface area contributed by atoms with Crippen LogP contribution in [0, 0.1) is 18.6 Å². The van der Waals surface area contributed by atoms with E-state index in [-0.39, 0.29) is 5.69 Å². The van der Waals surface area contributed by atoms with Crippen LogP contribution in [0.2, 0.25) is 0 Å². The molecule has 1 fully saturated rings. The zero-order valence-corrected chi connectivity index (χ0v) is 14.5. The number of nitrogens with zero attached hydrogens (tertiary/aromatic N) is 3. The molecule has 1 saturated heterocycles. The highest BCUT2D eigenvalue weighted by Gasteiger charge is 2.14. The lowest BCUT2D eigenvalue weighted by molar-refractivity contribution is 0.122. The third-order valence-electron chi connectivity index (χ3n) is 4.61. The highest BCUT2D eigenvalue weighted by Crippen LogP contribution is 2.27. The molecule has 2 heterocycles. The number of morpholine rings is 1. The molecule has 4 rings (SSSR count). The largest absolute Gasteiger partial charge is 0.378 e. The van der Waals surface area contributed by atoms with Crippen molar-refractivity contribution >= 4 is 5.69 Å². The third-order valence-corrected chi connectivity index (χ3v) is 4.61. The van der Waals surface area contributed by atoms with E-state index in [9.17, 15) is 8.78 Å². The van der Waals surface area contributed by atoms with Gasteiger partial charge in [0, 0.05) is 36.6 Å². The van der Waals surface area contributed by atoms with Crippen molar-refractivity contribution in [3.63, 3.8) is 0 Å². The second-order valence-electron chi connectivity index (χ2n) is 6.31. The van der Waals surface area contributed by atoms with E-state index in [0.717, 1.165) is 54.9 Å². The van der Waals surface area contributed by atoms with Crippen LogP contribution in [0.15, 0.2) is 48.7 Å². The Bertz CT molecular complexity index is 915. The third kappa shape index (κ3) is 3.20. The molecule has 4 nitrogen and oxygen atoms in total. The first-order chi connectivity index (χ1) is 12.6. The van der Waals surface area contributed by atoms with E-state index >= 15 is 0 Å². The summed E-state index contributed by atoms with van der Waals surface area (Å²) in [5, 5.41) is 4.39. The Morgan fingerprint density at radius 2 is 1.73 bits per heavy atom. The zero-order chi connectivity index (χ0) is 18.1. The number of ether oxygens (including phenoxy) is 1. The fourth-order valence-electron chi connectivity index (χ4n) is 3.21. The molecule has 134 valence electrons. The van der Waals surface area contributed by atoms with Crippen molar-refractivity contribution in [1.82, 2.24) is 9.78 Å². The Hall–Kier alpha value is -2.73. The number of aryl methyl sites for hydroxylation is 1. The van der Waals surface area contributed by atoms with Gasteiger partial charge in [0.2, 0.25) is 0 Å². The summed E-state index contributed by atoms with van der Waals surface area (Å²) < 4.78 is 34.0. The lowest BCUT2D eigenvalue weighted by Gasteiger charge is -2.28. The first-order valence-electron chi connectivity index (χ1n) is 8.56. The lowest BCUT2D eigenvalue weighted by Crippen LogP contribution is -2.36. The van der Waals surface area contributed by atoms with Gasteiger partial charge in [-0.2, -0.15) is 5.10 Å². The van der Waals surface area contributed by atoms with Crippen LogP contribution < -0.4 is 4.90 Å². The molecule has 1 aromatic heterocycles. The summed E-state index contributed by atoms with van der Waals surface area (Å²) in [6, 6.07) is 11.7. The second kappa shape index (κ2) is 6.88. The van der Waals surface area contributed by atoms with Gasteiger partial charge in [-0.05, 0) is 36.8 Å². The lowest BCUT2D eigenvalue weighted by atomic mass is 10.1. The van der Waals surface area contributed by atoms with Crippen LogP contribution in [-0.2, 0) is 4.74 Å². The number of halogens is 2. The zero-order valence-electron chi connectivity index (χ0n) is 14.5. The summed E-state index contributed by atoms with van der Waals surface area (Å²) in [5.41, 5.74) is 4.10. The quantitative estimate of drug-likeness (QED) is 0.712. The fraction of sp³-hybridized carbons (Fsp3) is 0.250. The summed E-state index contributed by atoms with van der Waals surface area (Å²) in [6.07, 6.45) is 1.77. The van der Waals surface area contributed by atoms with E-state index in [2.05, 4.69) is 22.1 Å². The number of benzene rings is 2. The number of aromatic nitrogens is 2. The van der Waals surface area contributed by atoms with E-state index in [1.807, 2.05) is 19.1 Å². The van der Waals surface area contributed by atoms with Gasteiger partial charge in [0.1, 0.15) is 11.5 Å². The molecule has 26 heavy (non-hydrogen) atoms. The normalized spacial score (nSPS) is 14.7. The summed E-state index contributed by atoms with van der Waals surface area (Å²) in [5.74, 6) is -1.24. The first kappa shape index (κ1) is 16.7. The standard InChI is InChI=1S/C20H19F2N3O/c1-14-18(13-25(23-14)20-7-4-16(21)12-19(20)22)15-2-5-17(6-3-15)24-8-10-26-11-9-24/h2-7,12-13H,8-11H2,1H3. The topological polar surface area (TPSA) is 30.3 Å². The molecule has 2 aromatic carbocycles. The van der Waals surface area contributed by atoms with Gasteiger partial charge in [-0.3, -0.25) is 0 Å². The molecule has 0 saturated carbocycles. The molecular formula is C20H19F2N3O. The molecule has 0 amide bonds. The molecule has 0 spiro atoms. The first-order valence-corrected chi connectivity index (χ1v) is 8.56. The molecule has 1 aliphatic heterocycles. The molecule has 0 radical (unpaired) electrons. The summed E-state index contributed by atoms with van der Waals surface area (Å²) in [6.45, 7) is 5.15. The number of hydrogen-bond acceptors (Lipinski definition) is 3. The van der Waals surface area contributed by atoms with Gasteiger partial charge < -0.3 is 9.64 Å². The van der Waals surface area contributed by atoms with Crippen LogP contribution in [0.3, 0.4) is 0 Å². The van der Waals surface area contributed by atoms with Crippen molar-refractivity contribution < 1.29 is 13.5 Å². The van der Waals surface area contributed by atoms with Crippen LogP contribution in [-0.4, -0.2) is 36.1 Å². The maximum Gasteiger partial charge on any atom is 0.151 e. The minimum atomic E-state index is -0.637. The van der Waals surface area contributed by atoms with E-state index in [1.165, 1.54) is 16.8 Å². The van der Waals surface area contributed by atoms with Gasteiger partial charge in [0.25, 0.3) is 0 Å². The Balaban J connectivity index is 1.63. The van der Waals surface area contributed by atoms with Crippen molar-refractivity contribution in [3.05, 3.63) is 66.0 Å². The van der Waals surface area contributed by atoms with Gasteiger partial charge in [0.05, 0.1) is 18.9 Å². The van der Waals surface area contributed by atoms with Crippen molar-refractivity contribution in [2.75, 3.05) is 31.2 Å². The Labute approximate surface area is 150 Å². The van der Waals surface area contributed by atoms with Crippen LogP contribution >= 0.6 is 0 Å². The number of anilines is 1. The average Bonchev–Trinajstić information content (AvgIpc) is 3.04. The van der Waals surface area contributed by atoms with Crippen LogP contribution in [0.1, 0.15) is 5.69 Å². The summed E-state index contributed by atoms with van der Waals surface area (Å²) in [4.78, 5) is 2.29. The van der Waals surface area contributed by atoms with Crippen molar-refractivity contribution in [2.45, 2.75) is 6.92 Å². The van der Waals surface area contributed by atoms with E-state index < -0.39 is 11.6 Å². The molecule has 0 N–H and O–H groups in total. The molecule has 0 atom stereocenters. The Kier molecular flexibility index (Phi) is 4.42. The summed E-state index contributed by atoms with van der Waals surface area (Å²) in [7, 11) is 0. The van der Waals surface area contributed by atoms with Crippen LogP contribution in [0.5, 0.6) is 0 Å². The maximum atomic E-state index is 14.0. The Morgan fingerprint density at radius 3 is 2.42 bits per heavy atom. The molecule has 0 bridgehead atoms. The average molecular weight is 355 g/mol. The van der Waals surface area contributed by atoms with Crippen LogP contribution in [0.4, 0.5) is 14.5 Å². The van der Waals surface area contributed by atoms with Gasteiger partial charge in [-0.1, -0.05) is 12.1 Å². The fourth-order valence-corrected chi connectivity index (χ4v) is 3.21. The molecule has 6 heteroatoms. The molecule has 3 aromatic rings. The predicted molar refractivity (Wildman–Crippen MR) is 96.7 cm³/mol. The monoisotopic (exact) mass is 355 g/mol. The Morgan fingerprint density at radius 1 is 1.00 bits per heavy atom. The highest BCUT2D eigenvalue weighted by atomic mass is 19.1. The van der Waals surface area contributed by atoms with E-state index in [1.54, 1.807) is 6.20 Å². The highest BCUT2D eigenvalue weighted by molar-refractivity contribution is 5.68. The number of rotatable bonds is 3. The molecular weight excluding hydrogens is 336 g/mol. The summed E-state index contributed by atoms with van der Waals surface area (Å²) >= 11 is 0. The van der Waals surface area contributed by atoms with Crippen molar-refractivity contribution in [3.8, 4) is 16.8 Å². The molecule has 1 aliphatic rings. The van der Waals surface area contributed by atoms with E-state index in [0.29, 0.717) is 0 Å². The van der Waals surface area contributed by atoms with Gasteiger partial charge in [-0.15, -0.1) is 0 Å². The van der Waals surface area contributed by atoms with Crippen molar-refractivity contribution in [1.29, 1.82) is 0 Å². The maximum absolute atomic E-state index is 14.0. The van der Waals surface area contributed by atoms with Gasteiger partial charge in [0.15, 0.2) is 5.82 Å². The predicted octanol–water partition coefficient (Wildman–Crippen LogP) is 3.96. The van der Waals surface area contributed by atoms with Crippen molar-refractivity contribution in [2.24, 2.45) is 0 Å². The van der Waals surface area contributed by atoms with Gasteiger partial charge >= 0.3 is 0 Å². The molecule has 0 unspecified atom stereocenters. The number of hydrogen-bond donors (Lipinski definition) is 0. The minimum absolute atomic E-state index is 0.227. The smallest absolute Gasteiger partial charge is 0.151 e. The van der Waals surface area contributed by atoms with E-state index in [4.69, 9.17) is 4.74 Å². The van der Waals surface area contributed by atoms with Gasteiger partial charge in [-0.25, -0.2) is 13.5 Å². The minimum Gasteiger partial charge on any atom is -0.378 e. The second-order valence-corrected chi connectivity index (χ2v) is 6.31. The SMILES string of the molecule is Cc1nn(-c2ccc(F)cc2F)cc1-c1ccc(N2CCOCC2)cc1. The molecule has 0 aliphatic carbocycles. The van der Waals surface area contributed by atoms with Crippen LogP contribution in [0.25, 0.3) is 16.8 Å².